The molecule has 0 bridgehead atoms. The van der Waals surface area contributed by atoms with Gasteiger partial charge in [-0.3, -0.25) is 9.59 Å². The van der Waals surface area contributed by atoms with Gasteiger partial charge in [0.1, 0.15) is 0 Å². The zero-order valence-corrected chi connectivity index (χ0v) is 12.7. The maximum atomic E-state index is 12.1. The zero-order chi connectivity index (χ0) is 15.5. The molecule has 4 nitrogen and oxygen atoms in total. The van der Waals surface area contributed by atoms with Gasteiger partial charge in [-0.05, 0) is 30.7 Å². The topological polar surface area (TPSA) is 66.4 Å². The smallest absolute Gasteiger partial charge is 0.314 e. The van der Waals surface area contributed by atoms with Crippen LogP contribution in [0.3, 0.4) is 0 Å². The summed E-state index contributed by atoms with van der Waals surface area (Å²) >= 11 is 0. The lowest BCUT2D eigenvalue weighted by Crippen LogP contribution is -2.43. The lowest BCUT2D eigenvalue weighted by molar-refractivity contribution is -0.145. The van der Waals surface area contributed by atoms with E-state index in [0.717, 1.165) is 12.8 Å². The van der Waals surface area contributed by atoms with Crippen LogP contribution in [0.25, 0.3) is 0 Å². The Morgan fingerprint density at radius 3 is 2.38 bits per heavy atom. The second kappa shape index (κ2) is 5.88. The second-order valence-electron chi connectivity index (χ2n) is 6.62. The van der Waals surface area contributed by atoms with E-state index in [1.165, 1.54) is 6.42 Å². The Labute approximate surface area is 125 Å². The Balaban J connectivity index is 2.02. The Morgan fingerprint density at radius 2 is 1.90 bits per heavy atom. The largest absolute Gasteiger partial charge is 0.481 e. The summed E-state index contributed by atoms with van der Waals surface area (Å²) in [6.45, 7) is 4.40. The molecule has 1 aliphatic carbocycles. The first kappa shape index (κ1) is 15.5. The van der Waals surface area contributed by atoms with Crippen LogP contribution in [0.2, 0.25) is 0 Å². The number of benzene rings is 1. The molecule has 0 aliphatic heterocycles. The molecular weight excluding hydrogens is 266 g/mol. The van der Waals surface area contributed by atoms with Crippen molar-refractivity contribution in [2.75, 3.05) is 6.54 Å². The van der Waals surface area contributed by atoms with E-state index in [1.807, 2.05) is 6.07 Å². The molecule has 1 aromatic carbocycles. The summed E-state index contributed by atoms with van der Waals surface area (Å²) in [4.78, 5) is 23.8. The number of nitrogens with one attached hydrogen (secondary N) is 1. The Bertz CT molecular complexity index is 522. The second-order valence-corrected chi connectivity index (χ2v) is 6.62. The molecule has 114 valence electrons. The van der Waals surface area contributed by atoms with E-state index in [4.69, 9.17) is 0 Å². The van der Waals surface area contributed by atoms with Gasteiger partial charge < -0.3 is 10.4 Å². The van der Waals surface area contributed by atoms with Crippen LogP contribution >= 0.6 is 0 Å². The third kappa shape index (κ3) is 3.43. The highest BCUT2D eigenvalue weighted by Gasteiger charge is 2.38. The van der Waals surface area contributed by atoms with Gasteiger partial charge in [0.25, 0.3) is 0 Å². The Morgan fingerprint density at radius 1 is 1.29 bits per heavy atom. The van der Waals surface area contributed by atoms with Crippen LogP contribution < -0.4 is 5.32 Å². The number of carboxylic acid groups (broad SMARTS) is 1. The molecule has 21 heavy (non-hydrogen) atoms. The molecule has 1 atom stereocenters. The summed E-state index contributed by atoms with van der Waals surface area (Å²) < 4.78 is 0. The van der Waals surface area contributed by atoms with Gasteiger partial charge in [0.05, 0.1) is 5.41 Å². The molecule has 1 fully saturated rings. The zero-order valence-electron chi connectivity index (χ0n) is 12.7. The number of amides is 1. The van der Waals surface area contributed by atoms with Gasteiger partial charge in [-0.1, -0.05) is 43.7 Å². The first-order valence-corrected chi connectivity index (χ1v) is 7.41. The fourth-order valence-electron chi connectivity index (χ4n) is 2.76. The molecule has 0 heterocycles. The molecule has 1 aromatic rings. The highest BCUT2D eigenvalue weighted by molar-refractivity contribution is 5.89. The van der Waals surface area contributed by atoms with Crippen LogP contribution in [0.5, 0.6) is 0 Å². The van der Waals surface area contributed by atoms with Crippen LogP contribution in [0.1, 0.15) is 45.1 Å². The van der Waals surface area contributed by atoms with E-state index < -0.39 is 11.4 Å². The third-order valence-electron chi connectivity index (χ3n) is 4.67. The molecular formula is C17H23NO3. The predicted octanol–water partition coefficient (Wildman–Crippen LogP) is 2.73. The minimum absolute atomic E-state index is 0.0393. The van der Waals surface area contributed by atoms with E-state index in [1.54, 1.807) is 31.2 Å². The fourth-order valence-corrected chi connectivity index (χ4v) is 2.76. The van der Waals surface area contributed by atoms with Crippen molar-refractivity contribution in [3.8, 4) is 0 Å². The van der Waals surface area contributed by atoms with Crippen LogP contribution in [0.15, 0.2) is 30.3 Å². The minimum Gasteiger partial charge on any atom is -0.481 e. The van der Waals surface area contributed by atoms with Crippen molar-refractivity contribution in [3.05, 3.63) is 35.9 Å². The molecule has 2 N–H and O–H groups in total. The monoisotopic (exact) mass is 289 g/mol. The van der Waals surface area contributed by atoms with Crippen LogP contribution in [-0.2, 0) is 15.0 Å². The van der Waals surface area contributed by atoms with Crippen molar-refractivity contribution in [1.82, 2.24) is 5.32 Å². The van der Waals surface area contributed by atoms with Crippen molar-refractivity contribution in [2.24, 2.45) is 5.41 Å². The van der Waals surface area contributed by atoms with Crippen molar-refractivity contribution >= 4 is 11.9 Å². The van der Waals surface area contributed by atoms with E-state index in [2.05, 4.69) is 12.2 Å². The first-order valence-electron chi connectivity index (χ1n) is 7.41. The molecule has 0 saturated heterocycles. The van der Waals surface area contributed by atoms with Gasteiger partial charge in [0.2, 0.25) is 5.91 Å². The van der Waals surface area contributed by atoms with Gasteiger partial charge in [-0.25, -0.2) is 0 Å². The summed E-state index contributed by atoms with van der Waals surface area (Å²) in [5.41, 5.74) is -0.337. The average molecular weight is 289 g/mol. The van der Waals surface area contributed by atoms with Gasteiger partial charge in [-0.2, -0.15) is 0 Å². The van der Waals surface area contributed by atoms with Gasteiger partial charge in [-0.15, -0.1) is 0 Å². The van der Waals surface area contributed by atoms with E-state index in [0.29, 0.717) is 12.1 Å². The molecule has 2 rings (SSSR count). The van der Waals surface area contributed by atoms with Gasteiger partial charge >= 0.3 is 5.97 Å². The first-order chi connectivity index (χ1) is 9.86. The van der Waals surface area contributed by atoms with Crippen LogP contribution in [0.4, 0.5) is 0 Å². The van der Waals surface area contributed by atoms with Crippen LogP contribution in [0, 0.1) is 5.41 Å². The normalized spacial score (nSPS) is 19.1. The molecule has 0 aromatic heterocycles. The maximum absolute atomic E-state index is 12.1. The number of aliphatic carboxylic acids is 1. The standard InChI is InChI=1S/C17H23NO3/c1-16(9-6-10-16)12-18-14(19)11-17(2,15(20)21)13-7-4-3-5-8-13/h3-5,7-8H,6,9-12H2,1-2H3,(H,18,19)(H,20,21). The number of carboxylic acids is 1. The predicted molar refractivity (Wildman–Crippen MR) is 81.0 cm³/mol. The summed E-state index contributed by atoms with van der Waals surface area (Å²) in [5, 5.41) is 12.4. The van der Waals surface area contributed by atoms with E-state index in [9.17, 15) is 14.7 Å². The van der Waals surface area contributed by atoms with Crippen molar-refractivity contribution in [3.63, 3.8) is 0 Å². The summed E-state index contributed by atoms with van der Waals surface area (Å²) in [6, 6.07) is 8.94. The third-order valence-corrected chi connectivity index (χ3v) is 4.67. The summed E-state index contributed by atoms with van der Waals surface area (Å²) in [7, 11) is 0. The molecule has 1 unspecified atom stereocenters. The number of carbonyl (C=O) groups is 2. The Hall–Kier alpha value is -1.84. The van der Waals surface area contributed by atoms with E-state index >= 15 is 0 Å². The SMILES string of the molecule is CC1(CNC(=O)CC(C)(C(=O)O)c2ccccc2)CCC1. The Kier molecular flexibility index (Phi) is 4.35. The molecule has 0 spiro atoms. The molecule has 4 heteroatoms. The molecule has 0 radical (unpaired) electrons. The number of hydrogen-bond donors (Lipinski definition) is 2. The number of rotatable bonds is 6. The summed E-state index contributed by atoms with van der Waals surface area (Å²) in [5.74, 6) is -1.17. The van der Waals surface area contributed by atoms with Crippen LogP contribution in [-0.4, -0.2) is 23.5 Å². The lowest BCUT2D eigenvalue weighted by atomic mass is 9.70. The highest BCUT2D eigenvalue weighted by atomic mass is 16.4. The highest BCUT2D eigenvalue weighted by Crippen LogP contribution is 2.39. The maximum Gasteiger partial charge on any atom is 0.314 e. The number of carbonyl (C=O) groups excluding carboxylic acids is 1. The molecule has 1 aliphatic rings. The quantitative estimate of drug-likeness (QED) is 0.846. The molecule has 1 amide bonds. The van der Waals surface area contributed by atoms with Crippen molar-refractivity contribution < 1.29 is 14.7 Å². The minimum atomic E-state index is -1.19. The van der Waals surface area contributed by atoms with Gasteiger partial charge in [0.15, 0.2) is 0 Å². The van der Waals surface area contributed by atoms with Crippen molar-refractivity contribution in [1.29, 1.82) is 0 Å². The lowest BCUT2D eigenvalue weighted by Gasteiger charge is -2.38. The average Bonchev–Trinajstić information content (AvgIpc) is 2.43. The summed E-state index contributed by atoms with van der Waals surface area (Å²) in [6.07, 6.45) is 3.43. The fraction of sp³-hybridized carbons (Fsp3) is 0.529. The van der Waals surface area contributed by atoms with Crippen molar-refractivity contribution in [2.45, 2.75) is 44.9 Å². The van der Waals surface area contributed by atoms with Gasteiger partial charge in [0, 0.05) is 13.0 Å². The molecule has 1 saturated carbocycles. The van der Waals surface area contributed by atoms with E-state index in [-0.39, 0.29) is 17.7 Å². The number of hydrogen-bond acceptors (Lipinski definition) is 2.